The Morgan fingerprint density at radius 3 is 2.67 bits per heavy atom. The zero-order valence-electron chi connectivity index (χ0n) is 12.4. The number of ether oxygens (including phenoxy) is 2. The van der Waals surface area contributed by atoms with Crippen LogP contribution in [0.25, 0.3) is 0 Å². The van der Waals surface area contributed by atoms with Gasteiger partial charge in [-0.25, -0.2) is 0 Å². The Hall–Kier alpha value is -2.51. The van der Waals surface area contributed by atoms with Gasteiger partial charge in [0.1, 0.15) is 17.2 Å². The Morgan fingerprint density at radius 2 is 2.00 bits per heavy atom. The normalized spacial score (nSPS) is 10.1. The minimum atomic E-state index is -0.618. The van der Waals surface area contributed by atoms with Gasteiger partial charge < -0.3 is 14.8 Å². The van der Waals surface area contributed by atoms with Crippen molar-refractivity contribution in [3.8, 4) is 11.5 Å². The van der Waals surface area contributed by atoms with Gasteiger partial charge in [-0.1, -0.05) is 23.2 Å². The molecule has 0 aliphatic rings. The van der Waals surface area contributed by atoms with Gasteiger partial charge in [0.05, 0.1) is 23.1 Å². The molecule has 24 heavy (non-hydrogen) atoms. The number of benzene rings is 2. The molecule has 2 rings (SSSR count). The number of nitrogens with one attached hydrogen (secondary N) is 1. The van der Waals surface area contributed by atoms with Crippen LogP contribution in [0.3, 0.4) is 0 Å². The standard InChI is InChI=1S/C15H12Cl2N2O5/c1-23-10-3-5-12(13(7-10)19(21)22)18-15(20)8-24-14-6-9(16)2-4-11(14)17/h2-7H,8H2,1H3,(H,18,20). The smallest absolute Gasteiger partial charge is 0.296 e. The molecular weight excluding hydrogens is 359 g/mol. The fourth-order valence-corrected chi connectivity index (χ4v) is 2.15. The van der Waals surface area contributed by atoms with E-state index in [1.165, 1.54) is 37.4 Å². The molecule has 7 nitrogen and oxygen atoms in total. The lowest BCUT2D eigenvalue weighted by molar-refractivity contribution is -0.384. The minimum Gasteiger partial charge on any atom is -0.496 e. The fourth-order valence-electron chi connectivity index (χ4n) is 1.81. The van der Waals surface area contributed by atoms with Crippen LogP contribution in [0.4, 0.5) is 11.4 Å². The van der Waals surface area contributed by atoms with Crippen LogP contribution >= 0.6 is 23.2 Å². The number of carbonyl (C=O) groups is 1. The van der Waals surface area contributed by atoms with E-state index in [4.69, 9.17) is 32.7 Å². The van der Waals surface area contributed by atoms with Crippen molar-refractivity contribution in [3.05, 3.63) is 56.6 Å². The molecule has 0 fully saturated rings. The van der Waals surface area contributed by atoms with Gasteiger partial charge in [-0.05, 0) is 24.3 Å². The number of amides is 1. The summed E-state index contributed by atoms with van der Waals surface area (Å²) in [5.41, 5.74) is -0.255. The Labute approximate surface area is 147 Å². The molecule has 0 aliphatic carbocycles. The Bertz CT molecular complexity index is 782. The van der Waals surface area contributed by atoms with Gasteiger partial charge in [-0.15, -0.1) is 0 Å². The number of rotatable bonds is 6. The lowest BCUT2D eigenvalue weighted by Gasteiger charge is -2.10. The molecule has 9 heteroatoms. The summed E-state index contributed by atoms with van der Waals surface area (Å²) in [6.07, 6.45) is 0. The number of methoxy groups -OCH3 is 1. The van der Waals surface area contributed by atoms with Gasteiger partial charge in [0.15, 0.2) is 6.61 Å². The monoisotopic (exact) mass is 370 g/mol. The summed E-state index contributed by atoms with van der Waals surface area (Å²) in [6, 6.07) is 8.67. The van der Waals surface area contributed by atoms with Crippen LogP contribution in [-0.2, 0) is 4.79 Å². The Morgan fingerprint density at radius 1 is 1.25 bits per heavy atom. The maximum absolute atomic E-state index is 11.9. The predicted molar refractivity (Wildman–Crippen MR) is 90.2 cm³/mol. The molecule has 126 valence electrons. The molecule has 1 N–H and O–H groups in total. The molecule has 0 aromatic heterocycles. The molecule has 0 heterocycles. The van der Waals surface area contributed by atoms with E-state index >= 15 is 0 Å². The minimum absolute atomic E-state index is 0.0339. The van der Waals surface area contributed by atoms with Crippen LogP contribution in [0.1, 0.15) is 0 Å². The second-order valence-corrected chi connectivity index (χ2v) is 5.40. The molecule has 0 saturated carbocycles. The first-order chi connectivity index (χ1) is 11.4. The van der Waals surface area contributed by atoms with E-state index in [0.717, 1.165) is 0 Å². The van der Waals surface area contributed by atoms with Crippen LogP contribution in [0.2, 0.25) is 10.0 Å². The van der Waals surface area contributed by atoms with E-state index in [2.05, 4.69) is 5.32 Å². The first-order valence-electron chi connectivity index (χ1n) is 6.61. The largest absolute Gasteiger partial charge is 0.496 e. The van der Waals surface area contributed by atoms with Gasteiger partial charge in [0.25, 0.3) is 11.6 Å². The van der Waals surface area contributed by atoms with E-state index < -0.39 is 10.8 Å². The number of hydrogen-bond acceptors (Lipinski definition) is 5. The van der Waals surface area contributed by atoms with Crippen molar-refractivity contribution in [2.75, 3.05) is 19.0 Å². The summed E-state index contributed by atoms with van der Waals surface area (Å²) >= 11 is 11.7. The molecule has 0 radical (unpaired) electrons. The third-order valence-corrected chi connectivity index (χ3v) is 3.48. The fraction of sp³-hybridized carbons (Fsp3) is 0.133. The molecular formula is C15H12Cl2N2O5. The van der Waals surface area contributed by atoms with Gasteiger partial charge in [0, 0.05) is 11.1 Å². The van der Waals surface area contributed by atoms with Gasteiger partial charge in [0.2, 0.25) is 0 Å². The van der Waals surface area contributed by atoms with Crippen LogP contribution in [0, 0.1) is 10.1 Å². The van der Waals surface area contributed by atoms with Crippen molar-refractivity contribution < 1.29 is 19.2 Å². The highest BCUT2D eigenvalue weighted by Gasteiger charge is 2.17. The number of anilines is 1. The number of nitrogens with zero attached hydrogens (tertiary/aromatic N) is 1. The maximum atomic E-state index is 11.9. The van der Waals surface area contributed by atoms with Crippen LogP contribution in [-0.4, -0.2) is 24.5 Å². The highest BCUT2D eigenvalue weighted by atomic mass is 35.5. The summed E-state index contributed by atoms with van der Waals surface area (Å²) in [7, 11) is 1.39. The third kappa shape index (κ3) is 4.50. The highest BCUT2D eigenvalue weighted by molar-refractivity contribution is 6.34. The van der Waals surface area contributed by atoms with Gasteiger partial charge in [-0.3, -0.25) is 14.9 Å². The Kier molecular flexibility index (Phi) is 5.83. The summed E-state index contributed by atoms with van der Waals surface area (Å²) in [5, 5.41) is 14.2. The Balaban J connectivity index is 2.07. The van der Waals surface area contributed by atoms with E-state index in [1.807, 2.05) is 0 Å². The quantitative estimate of drug-likeness (QED) is 0.614. The first kappa shape index (κ1) is 17.8. The predicted octanol–water partition coefficient (Wildman–Crippen LogP) is 3.93. The third-order valence-electron chi connectivity index (χ3n) is 2.93. The van der Waals surface area contributed by atoms with Crippen molar-refractivity contribution in [1.82, 2.24) is 0 Å². The van der Waals surface area contributed by atoms with E-state index in [1.54, 1.807) is 6.07 Å². The van der Waals surface area contributed by atoms with E-state index in [9.17, 15) is 14.9 Å². The van der Waals surface area contributed by atoms with Crippen molar-refractivity contribution >= 4 is 40.5 Å². The zero-order chi connectivity index (χ0) is 17.7. The molecule has 2 aromatic carbocycles. The average molecular weight is 371 g/mol. The second kappa shape index (κ2) is 7.85. The van der Waals surface area contributed by atoms with Crippen LogP contribution in [0.5, 0.6) is 11.5 Å². The number of hydrogen-bond donors (Lipinski definition) is 1. The lowest BCUT2D eigenvalue weighted by atomic mass is 10.2. The van der Waals surface area contributed by atoms with Gasteiger partial charge in [-0.2, -0.15) is 0 Å². The summed E-state index contributed by atoms with van der Waals surface area (Å²) in [6.45, 7) is -0.386. The van der Waals surface area contributed by atoms with E-state index in [-0.39, 0.29) is 23.7 Å². The van der Waals surface area contributed by atoms with Gasteiger partial charge >= 0.3 is 0 Å². The average Bonchev–Trinajstić information content (AvgIpc) is 2.55. The first-order valence-corrected chi connectivity index (χ1v) is 7.36. The number of halogens is 2. The van der Waals surface area contributed by atoms with Crippen molar-refractivity contribution in [2.24, 2.45) is 0 Å². The number of nitro groups is 1. The lowest BCUT2D eigenvalue weighted by Crippen LogP contribution is -2.20. The number of nitro benzene ring substituents is 1. The van der Waals surface area contributed by atoms with E-state index in [0.29, 0.717) is 15.8 Å². The van der Waals surface area contributed by atoms with Crippen molar-refractivity contribution in [1.29, 1.82) is 0 Å². The number of carbonyl (C=O) groups excluding carboxylic acids is 1. The highest BCUT2D eigenvalue weighted by Crippen LogP contribution is 2.30. The second-order valence-electron chi connectivity index (χ2n) is 4.55. The molecule has 0 bridgehead atoms. The molecule has 0 aliphatic heterocycles. The topological polar surface area (TPSA) is 90.7 Å². The van der Waals surface area contributed by atoms with Crippen molar-refractivity contribution in [2.45, 2.75) is 0 Å². The van der Waals surface area contributed by atoms with Crippen LogP contribution < -0.4 is 14.8 Å². The molecule has 0 unspecified atom stereocenters. The van der Waals surface area contributed by atoms with Crippen LogP contribution in [0.15, 0.2) is 36.4 Å². The zero-order valence-corrected chi connectivity index (χ0v) is 13.9. The molecule has 0 spiro atoms. The maximum Gasteiger partial charge on any atom is 0.296 e. The molecule has 1 amide bonds. The SMILES string of the molecule is COc1ccc(NC(=O)COc2cc(Cl)ccc2Cl)c([N+](=O)[O-])c1. The molecule has 2 aromatic rings. The van der Waals surface area contributed by atoms with Crippen molar-refractivity contribution in [3.63, 3.8) is 0 Å². The summed E-state index contributed by atoms with van der Waals surface area (Å²) in [4.78, 5) is 22.4. The summed E-state index contributed by atoms with van der Waals surface area (Å²) in [5.74, 6) is -0.0375. The summed E-state index contributed by atoms with van der Waals surface area (Å²) < 4.78 is 10.2. The molecule has 0 atom stereocenters. The molecule has 0 saturated heterocycles.